The lowest BCUT2D eigenvalue weighted by molar-refractivity contribution is -0.114. The molecule has 3 rings (SSSR count). The van der Waals surface area contributed by atoms with E-state index < -0.39 is 0 Å². The number of benzene rings is 3. The molecule has 0 radical (unpaired) electrons. The lowest BCUT2D eigenvalue weighted by Crippen LogP contribution is -2.12. The molecule has 0 aliphatic rings. The van der Waals surface area contributed by atoms with Crippen LogP contribution < -0.4 is 16.0 Å². The van der Waals surface area contributed by atoms with E-state index in [1.165, 1.54) is 6.92 Å². The molecule has 0 bridgehead atoms. The Balaban J connectivity index is 1.65. The van der Waals surface area contributed by atoms with Crippen LogP contribution in [0.15, 0.2) is 66.7 Å². The topological polar surface area (TPSA) is 70.2 Å². The molecule has 3 N–H and O–H groups in total. The van der Waals surface area contributed by atoms with Gasteiger partial charge >= 0.3 is 0 Å². The van der Waals surface area contributed by atoms with E-state index in [1.54, 1.807) is 0 Å². The van der Waals surface area contributed by atoms with Gasteiger partial charge in [0.15, 0.2) is 0 Å². The van der Waals surface area contributed by atoms with Crippen LogP contribution in [0.4, 0.5) is 22.7 Å². The summed E-state index contributed by atoms with van der Waals surface area (Å²) in [7, 11) is 0. The number of rotatable bonds is 5. The fourth-order valence-corrected chi connectivity index (χ4v) is 2.77. The van der Waals surface area contributed by atoms with Gasteiger partial charge in [-0.2, -0.15) is 0 Å². The molecule has 2 amide bonds. The first kappa shape index (κ1) is 19.2. The van der Waals surface area contributed by atoms with Gasteiger partial charge in [-0.1, -0.05) is 12.1 Å². The highest BCUT2D eigenvalue weighted by atomic mass is 16.2. The first-order valence-corrected chi connectivity index (χ1v) is 9.04. The number of anilines is 4. The van der Waals surface area contributed by atoms with E-state index in [2.05, 4.69) is 16.0 Å². The van der Waals surface area contributed by atoms with Crippen molar-refractivity contribution in [1.82, 2.24) is 0 Å². The third kappa shape index (κ3) is 4.98. The van der Waals surface area contributed by atoms with Gasteiger partial charge in [0.1, 0.15) is 0 Å². The van der Waals surface area contributed by atoms with E-state index in [0.29, 0.717) is 5.56 Å². The number of hydrogen-bond donors (Lipinski definition) is 3. The average molecular weight is 373 g/mol. The zero-order valence-electron chi connectivity index (χ0n) is 16.2. The molecule has 142 valence electrons. The van der Waals surface area contributed by atoms with Gasteiger partial charge in [-0.15, -0.1) is 0 Å². The summed E-state index contributed by atoms with van der Waals surface area (Å²) in [5, 5.41) is 8.95. The van der Waals surface area contributed by atoms with Crippen molar-refractivity contribution in [3.05, 3.63) is 83.4 Å². The van der Waals surface area contributed by atoms with Crippen LogP contribution in [0.25, 0.3) is 0 Å². The number of nitrogens with one attached hydrogen (secondary N) is 3. The van der Waals surface area contributed by atoms with Gasteiger partial charge in [0.05, 0.1) is 0 Å². The molecule has 28 heavy (non-hydrogen) atoms. The molecule has 0 aromatic heterocycles. The van der Waals surface area contributed by atoms with Crippen LogP contribution in [0.2, 0.25) is 0 Å². The highest BCUT2D eigenvalue weighted by Crippen LogP contribution is 2.22. The Morgan fingerprint density at radius 1 is 0.679 bits per heavy atom. The lowest BCUT2D eigenvalue weighted by atomic mass is 10.1. The van der Waals surface area contributed by atoms with Crippen LogP contribution in [0.5, 0.6) is 0 Å². The van der Waals surface area contributed by atoms with Crippen molar-refractivity contribution >= 4 is 34.6 Å². The van der Waals surface area contributed by atoms with E-state index >= 15 is 0 Å². The summed E-state index contributed by atoms with van der Waals surface area (Å²) in [5.41, 5.74) is 6.08. The monoisotopic (exact) mass is 373 g/mol. The second kappa shape index (κ2) is 8.39. The molecular weight excluding hydrogens is 350 g/mol. The molecule has 0 atom stereocenters. The van der Waals surface area contributed by atoms with Crippen molar-refractivity contribution in [2.75, 3.05) is 16.0 Å². The quantitative estimate of drug-likeness (QED) is 0.571. The minimum atomic E-state index is -0.133. The maximum Gasteiger partial charge on any atom is 0.255 e. The van der Waals surface area contributed by atoms with Gasteiger partial charge in [-0.3, -0.25) is 9.59 Å². The fourth-order valence-electron chi connectivity index (χ4n) is 2.77. The van der Waals surface area contributed by atoms with Gasteiger partial charge < -0.3 is 16.0 Å². The number of hydrogen-bond acceptors (Lipinski definition) is 3. The van der Waals surface area contributed by atoms with Gasteiger partial charge in [-0.05, 0) is 79.6 Å². The van der Waals surface area contributed by atoms with Crippen LogP contribution in [-0.4, -0.2) is 11.8 Å². The van der Waals surface area contributed by atoms with E-state index in [4.69, 9.17) is 0 Å². The molecular formula is C23H23N3O2. The predicted molar refractivity (Wildman–Crippen MR) is 114 cm³/mol. The van der Waals surface area contributed by atoms with Crippen molar-refractivity contribution in [1.29, 1.82) is 0 Å². The summed E-state index contributed by atoms with van der Waals surface area (Å²) in [6.07, 6.45) is 0. The fraction of sp³-hybridized carbons (Fsp3) is 0.130. The van der Waals surface area contributed by atoms with E-state index in [1.807, 2.05) is 80.6 Å². The number of carbonyl (C=O) groups is 2. The molecule has 0 saturated carbocycles. The highest BCUT2D eigenvalue weighted by Gasteiger charge is 2.07. The maximum absolute atomic E-state index is 12.4. The van der Waals surface area contributed by atoms with Crippen molar-refractivity contribution in [3.63, 3.8) is 0 Å². The molecule has 0 heterocycles. The maximum atomic E-state index is 12.4. The summed E-state index contributed by atoms with van der Waals surface area (Å²) in [4.78, 5) is 23.6. The molecule has 0 saturated heterocycles. The zero-order valence-corrected chi connectivity index (χ0v) is 16.2. The van der Waals surface area contributed by atoms with E-state index in [0.717, 1.165) is 33.9 Å². The Morgan fingerprint density at radius 2 is 1.36 bits per heavy atom. The lowest BCUT2D eigenvalue weighted by Gasteiger charge is -2.11. The molecule has 5 heteroatoms. The molecule has 3 aromatic carbocycles. The minimum Gasteiger partial charge on any atom is -0.355 e. The van der Waals surface area contributed by atoms with Crippen molar-refractivity contribution in [2.24, 2.45) is 0 Å². The molecule has 3 aromatic rings. The third-order valence-electron chi connectivity index (χ3n) is 4.38. The highest BCUT2D eigenvalue weighted by molar-refractivity contribution is 6.04. The Labute approximate surface area is 164 Å². The smallest absolute Gasteiger partial charge is 0.255 e. The van der Waals surface area contributed by atoms with E-state index in [-0.39, 0.29) is 11.8 Å². The summed E-state index contributed by atoms with van der Waals surface area (Å²) >= 11 is 0. The Hall–Kier alpha value is -3.60. The van der Waals surface area contributed by atoms with Crippen LogP contribution in [-0.2, 0) is 4.79 Å². The summed E-state index contributed by atoms with van der Waals surface area (Å²) < 4.78 is 0. The van der Waals surface area contributed by atoms with Crippen LogP contribution in [0, 0.1) is 13.8 Å². The minimum absolute atomic E-state index is 0.110. The van der Waals surface area contributed by atoms with Crippen LogP contribution in [0.1, 0.15) is 28.4 Å². The predicted octanol–water partition coefficient (Wildman–Crippen LogP) is 5.26. The van der Waals surface area contributed by atoms with Gasteiger partial charge in [0, 0.05) is 35.2 Å². The number of carbonyl (C=O) groups excluding carboxylic acids is 2. The second-order valence-corrected chi connectivity index (χ2v) is 6.72. The van der Waals surface area contributed by atoms with Crippen molar-refractivity contribution < 1.29 is 9.59 Å². The summed E-state index contributed by atoms with van der Waals surface area (Å²) in [5.74, 6) is -0.243. The molecule has 5 nitrogen and oxygen atoms in total. The molecule has 0 unspecified atom stereocenters. The van der Waals surface area contributed by atoms with Gasteiger partial charge in [-0.25, -0.2) is 0 Å². The summed E-state index contributed by atoms with van der Waals surface area (Å²) in [6, 6.07) is 20.6. The van der Waals surface area contributed by atoms with Crippen molar-refractivity contribution in [2.45, 2.75) is 20.8 Å². The van der Waals surface area contributed by atoms with Crippen LogP contribution >= 0.6 is 0 Å². The normalized spacial score (nSPS) is 10.2. The first-order chi connectivity index (χ1) is 13.4. The van der Waals surface area contributed by atoms with Crippen molar-refractivity contribution in [3.8, 4) is 0 Å². The SMILES string of the molecule is CC(=O)Nc1cccc(Nc2ccc(NC(=O)c3ccc(C)c(C)c3)cc2)c1. The average Bonchev–Trinajstić information content (AvgIpc) is 2.65. The number of aryl methyl sites for hydroxylation is 2. The standard InChI is InChI=1S/C23H23N3O2/c1-15-7-8-18(13-16(15)2)23(28)26-20-11-9-19(10-12-20)25-22-6-4-5-21(14-22)24-17(3)27/h4-14,25H,1-3H3,(H,24,27)(H,26,28). The van der Waals surface area contributed by atoms with E-state index in [9.17, 15) is 9.59 Å². The Kier molecular flexibility index (Phi) is 5.75. The van der Waals surface area contributed by atoms with Gasteiger partial charge in [0.25, 0.3) is 5.91 Å². The Bertz CT molecular complexity index is 1010. The first-order valence-electron chi connectivity index (χ1n) is 9.04. The molecule has 0 aliphatic carbocycles. The third-order valence-corrected chi connectivity index (χ3v) is 4.38. The molecule has 0 spiro atoms. The van der Waals surface area contributed by atoms with Gasteiger partial charge in [0.2, 0.25) is 5.91 Å². The zero-order chi connectivity index (χ0) is 20.1. The number of amides is 2. The van der Waals surface area contributed by atoms with Crippen LogP contribution in [0.3, 0.4) is 0 Å². The Morgan fingerprint density at radius 3 is 2.04 bits per heavy atom. The largest absolute Gasteiger partial charge is 0.355 e. The molecule has 0 fully saturated rings. The second-order valence-electron chi connectivity index (χ2n) is 6.72. The summed E-state index contributed by atoms with van der Waals surface area (Å²) in [6.45, 7) is 5.49. The molecule has 0 aliphatic heterocycles.